The lowest BCUT2D eigenvalue weighted by Crippen LogP contribution is -2.06. The molecule has 0 spiro atoms. The molecule has 3 heteroatoms. The molecule has 0 saturated heterocycles. The van der Waals surface area contributed by atoms with Crippen LogP contribution in [0.3, 0.4) is 0 Å². The Bertz CT molecular complexity index is 260. The molecule has 11 heavy (non-hydrogen) atoms. The summed E-state index contributed by atoms with van der Waals surface area (Å²) >= 11 is 0. The quantitative estimate of drug-likeness (QED) is 0.617. The summed E-state index contributed by atoms with van der Waals surface area (Å²) in [7, 11) is 0. The van der Waals surface area contributed by atoms with Gasteiger partial charge >= 0.3 is 0 Å². The van der Waals surface area contributed by atoms with Crippen LogP contribution in [0.2, 0.25) is 0 Å². The lowest BCUT2D eigenvalue weighted by molar-refractivity contribution is 0.471. The summed E-state index contributed by atoms with van der Waals surface area (Å²) < 4.78 is 0. The molecule has 1 rings (SSSR count). The zero-order valence-electron chi connectivity index (χ0n) is 6.07. The lowest BCUT2D eigenvalue weighted by atomic mass is 10.1. The van der Waals surface area contributed by atoms with E-state index in [-0.39, 0.29) is 11.8 Å². The predicted molar refractivity (Wildman–Crippen MR) is 43.0 cm³/mol. The van der Waals surface area contributed by atoms with Crippen molar-refractivity contribution in [3.63, 3.8) is 0 Å². The van der Waals surface area contributed by atoms with Gasteiger partial charge in [0.25, 0.3) is 0 Å². The van der Waals surface area contributed by atoms with E-state index in [9.17, 15) is 0 Å². The molecule has 0 saturated carbocycles. The van der Waals surface area contributed by atoms with E-state index in [1.807, 2.05) is 0 Å². The predicted octanol–water partition coefficient (Wildman–Crippen LogP) is 0.973. The van der Waals surface area contributed by atoms with Gasteiger partial charge < -0.3 is 10.8 Å². The second kappa shape index (κ2) is 3.16. The molecule has 1 aromatic heterocycles. The summed E-state index contributed by atoms with van der Waals surface area (Å²) in [6.07, 6.45) is 4.56. The number of pyridine rings is 1. The maximum absolute atomic E-state index is 9.01. The highest BCUT2D eigenvalue weighted by atomic mass is 16.3. The Balaban J connectivity index is 2.95. The Morgan fingerprint density at radius 2 is 2.36 bits per heavy atom. The Morgan fingerprint density at radius 1 is 1.64 bits per heavy atom. The molecule has 0 fully saturated rings. The largest absolute Gasteiger partial charge is 0.506 e. The summed E-state index contributed by atoms with van der Waals surface area (Å²) in [6, 6.07) is 1.31. The molecular weight excluding hydrogens is 140 g/mol. The fourth-order valence-electron chi connectivity index (χ4n) is 0.763. The van der Waals surface area contributed by atoms with Gasteiger partial charge in [0.2, 0.25) is 0 Å². The molecule has 3 N–H and O–H groups in total. The molecule has 0 aliphatic carbocycles. The van der Waals surface area contributed by atoms with Gasteiger partial charge in [-0.3, -0.25) is 4.98 Å². The molecule has 0 aromatic carbocycles. The fourth-order valence-corrected chi connectivity index (χ4v) is 0.763. The minimum atomic E-state index is -0.255. The molecule has 0 radical (unpaired) electrons. The Labute approximate surface area is 65.2 Å². The second-order valence-electron chi connectivity index (χ2n) is 2.24. The molecule has 0 amide bonds. The van der Waals surface area contributed by atoms with Crippen LogP contribution >= 0.6 is 0 Å². The standard InChI is InChI=1S/C8H10N2O/c1-2-8(9)6-3-7(11)5-10-4-6/h2-5,8,11H,1,9H2. The highest BCUT2D eigenvalue weighted by molar-refractivity contribution is 5.26. The van der Waals surface area contributed by atoms with Crippen molar-refractivity contribution >= 4 is 0 Å². The van der Waals surface area contributed by atoms with Crippen LogP contribution in [0.15, 0.2) is 31.1 Å². The van der Waals surface area contributed by atoms with Crippen LogP contribution in [0.1, 0.15) is 11.6 Å². The number of hydrogen-bond acceptors (Lipinski definition) is 3. The van der Waals surface area contributed by atoms with E-state index in [1.54, 1.807) is 18.3 Å². The zero-order valence-corrected chi connectivity index (χ0v) is 6.07. The van der Waals surface area contributed by atoms with Crippen molar-refractivity contribution in [1.29, 1.82) is 0 Å². The van der Waals surface area contributed by atoms with Gasteiger partial charge in [-0.2, -0.15) is 0 Å². The number of hydrogen-bond donors (Lipinski definition) is 2. The molecule has 0 aliphatic rings. The lowest BCUT2D eigenvalue weighted by Gasteiger charge is -2.04. The summed E-state index contributed by atoms with van der Waals surface area (Å²) in [4.78, 5) is 3.78. The van der Waals surface area contributed by atoms with E-state index in [4.69, 9.17) is 10.8 Å². The van der Waals surface area contributed by atoms with E-state index >= 15 is 0 Å². The smallest absolute Gasteiger partial charge is 0.134 e. The summed E-state index contributed by atoms with van der Waals surface area (Å²) in [6.45, 7) is 3.53. The minimum absolute atomic E-state index is 0.125. The topological polar surface area (TPSA) is 59.1 Å². The van der Waals surface area contributed by atoms with E-state index < -0.39 is 0 Å². The average Bonchev–Trinajstić information content (AvgIpc) is 2.03. The molecule has 1 aromatic rings. The number of nitrogens with two attached hydrogens (primary N) is 1. The number of rotatable bonds is 2. The van der Waals surface area contributed by atoms with Crippen LogP contribution in [0.5, 0.6) is 5.75 Å². The molecule has 0 aliphatic heterocycles. The van der Waals surface area contributed by atoms with Gasteiger partial charge in [-0.25, -0.2) is 0 Å². The molecule has 0 bridgehead atoms. The molecule has 1 atom stereocenters. The van der Waals surface area contributed by atoms with Crippen LogP contribution in [0, 0.1) is 0 Å². The van der Waals surface area contributed by atoms with Crippen LogP contribution in [0.25, 0.3) is 0 Å². The zero-order chi connectivity index (χ0) is 8.27. The molecular formula is C8H10N2O. The number of nitrogens with zero attached hydrogens (tertiary/aromatic N) is 1. The van der Waals surface area contributed by atoms with Crippen LogP contribution in [-0.2, 0) is 0 Å². The third-order valence-corrected chi connectivity index (χ3v) is 1.38. The first kappa shape index (κ1) is 7.75. The molecule has 1 heterocycles. The summed E-state index contributed by atoms with van der Waals surface area (Å²) in [5.74, 6) is 0.125. The summed E-state index contributed by atoms with van der Waals surface area (Å²) in [5, 5.41) is 9.01. The van der Waals surface area contributed by atoms with E-state index in [2.05, 4.69) is 11.6 Å². The maximum Gasteiger partial charge on any atom is 0.134 e. The van der Waals surface area contributed by atoms with Gasteiger partial charge in [0.1, 0.15) is 5.75 Å². The van der Waals surface area contributed by atoms with E-state index in [0.29, 0.717) is 0 Å². The van der Waals surface area contributed by atoms with Crippen molar-refractivity contribution in [1.82, 2.24) is 4.98 Å². The Hall–Kier alpha value is -1.35. The normalized spacial score (nSPS) is 12.5. The van der Waals surface area contributed by atoms with Gasteiger partial charge in [-0.05, 0) is 11.6 Å². The van der Waals surface area contributed by atoms with Crippen LogP contribution in [0.4, 0.5) is 0 Å². The number of aromatic nitrogens is 1. The van der Waals surface area contributed by atoms with Gasteiger partial charge in [0.05, 0.1) is 6.20 Å². The first-order valence-corrected chi connectivity index (χ1v) is 3.26. The summed E-state index contributed by atoms with van der Waals surface area (Å²) in [5.41, 5.74) is 6.36. The van der Waals surface area contributed by atoms with Gasteiger partial charge in [-0.15, -0.1) is 6.58 Å². The van der Waals surface area contributed by atoms with Gasteiger partial charge in [0.15, 0.2) is 0 Å². The van der Waals surface area contributed by atoms with Crippen molar-refractivity contribution < 1.29 is 5.11 Å². The van der Waals surface area contributed by atoms with Crippen molar-refractivity contribution in [3.8, 4) is 5.75 Å². The third-order valence-electron chi connectivity index (χ3n) is 1.38. The van der Waals surface area contributed by atoms with E-state index in [1.165, 1.54) is 6.20 Å². The molecule has 58 valence electrons. The van der Waals surface area contributed by atoms with Crippen LogP contribution in [-0.4, -0.2) is 10.1 Å². The Morgan fingerprint density at radius 3 is 2.91 bits per heavy atom. The first-order valence-electron chi connectivity index (χ1n) is 3.26. The maximum atomic E-state index is 9.01. The van der Waals surface area contributed by atoms with Crippen molar-refractivity contribution in [2.75, 3.05) is 0 Å². The third kappa shape index (κ3) is 1.78. The average molecular weight is 150 g/mol. The monoisotopic (exact) mass is 150 g/mol. The fraction of sp³-hybridized carbons (Fsp3) is 0.125. The molecule has 3 nitrogen and oxygen atoms in total. The van der Waals surface area contributed by atoms with Crippen LogP contribution < -0.4 is 5.73 Å². The minimum Gasteiger partial charge on any atom is -0.506 e. The van der Waals surface area contributed by atoms with Crippen molar-refractivity contribution in [3.05, 3.63) is 36.7 Å². The highest BCUT2D eigenvalue weighted by Crippen LogP contribution is 2.14. The van der Waals surface area contributed by atoms with E-state index in [0.717, 1.165) is 5.56 Å². The van der Waals surface area contributed by atoms with Crippen molar-refractivity contribution in [2.45, 2.75) is 6.04 Å². The number of aromatic hydroxyl groups is 1. The Kier molecular flexibility index (Phi) is 2.23. The molecule has 1 unspecified atom stereocenters. The van der Waals surface area contributed by atoms with Gasteiger partial charge in [0, 0.05) is 12.2 Å². The van der Waals surface area contributed by atoms with Crippen molar-refractivity contribution in [2.24, 2.45) is 5.73 Å². The highest BCUT2D eigenvalue weighted by Gasteiger charge is 2.00. The SMILES string of the molecule is C=CC(N)c1cncc(O)c1. The first-order chi connectivity index (χ1) is 5.24. The van der Waals surface area contributed by atoms with Gasteiger partial charge in [-0.1, -0.05) is 6.08 Å². The second-order valence-corrected chi connectivity index (χ2v) is 2.24.